The van der Waals surface area contributed by atoms with E-state index in [1.807, 2.05) is 19.9 Å². The average molecular weight is 222 g/mol. The molecule has 1 fully saturated rings. The highest BCUT2D eigenvalue weighted by Gasteiger charge is 2.35. The predicted molar refractivity (Wildman–Crippen MR) is 62.8 cm³/mol. The van der Waals surface area contributed by atoms with Gasteiger partial charge in [0.1, 0.15) is 5.82 Å². The Morgan fingerprint density at radius 2 is 2.06 bits per heavy atom. The van der Waals surface area contributed by atoms with E-state index in [-0.39, 0.29) is 5.82 Å². The summed E-state index contributed by atoms with van der Waals surface area (Å²) in [4.78, 5) is 0. The molecule has 0 aromatic heterocycles. The van der Waals surface area contributed by atoms with Crippen molar-refractivity contribution < 1.29 is 9.50 Å². The Labute approximate surface area is 96.3 Å². The zero-order valence-corrected chi connectivity index (χ0v) is 9.91. The third-order valence-corrected chi connectivity index (χ3v) is 3.75. The summed E-state index contributed by atoms with van der Waals surface area (Å²) in [6.45, 7) is 3.73. The second-order valence-corrected chi connectivity index (χ2v) is 5.42. The van der Waals surface area contributed by atoms with Crippen molar-refractivity contribution in [1.29, 1.82) is 0 Å². The molecule has 1 nitrogen and oxygen atoms in total. The number of hydrogen-bond donors (Lipinski definition) is 1. The summed E-state index contributed by atoms with van der Waals surface area (Å²) < 4.78 is 13.1. The monoisotopic (exact) mass is 222 g/mol. The molecular weight excluding hydrogens is 203 g/mol. The minimum atomic E-state index is -0.609. The lowest BCUT2D eigenvalue weighted by Crippen LogP contribution is -2.28. The van der Waals surface area contributed by atoms with E-state index < -0.39 is 5.60 Å². The van der Waals surface area contributed by atoms with Crippen LogP contribution >= 0.6 is 0 Å². The Morgan fingerprint density at radius 1 is 1.31 bits per heavy atom. The standard InChI is InChI=1S/C14H19FO/c1-14(2,16)12-7-6-11(8-12)10-4-3-5-13(15)9-10/h3-5,9,11-12,16H,6-8H2,1-2H3/t11-,12+/m1/s1. The number of hydrogen-bond acceptors (Lipinski definition) is 1. The van der Waals surface area contributed by atoms with E-state index in [0.717, 1.165) is 24.8 Å². The summed E-state index contributed by atoms with van der Waals surface area (Å²) in [7, 11) is 0. The van der Waals surface area contributed by atoms with Gasteiger partial charge >= 0.3 is 0 Å². The smallest absolute Gasteiger partial charge is 0.123 e. The Morgan fingerprint density at radius 3 is 2.62 bits per heavy atom. The van der Waals surface area contributed by atoms with Crippen LogP contribution in [-0.4, -0.2) is 10.7 Å². The molecule has 0 heterocycles. The van der Waals surface area contributed by atoms with Crippen LogP contribution in [0.15, 0.2) is 24.3 Å². The lowest BCUT2D eigenvalue weighted by molar-refractivity contribution is 0.0194. The van der Waals surface area contributed by atoms with Crippen molar-refractivity contribution in [3.8, 4) is 0 Å². The zero-order valence-electron chi connectivity index (χ0n) is 9.91. The molecule has 1 N–H and O–H groups in total. The van der Waals surface area contributed by atoms with Crippen molar-refractivity contribution >= 4 is 0 Å². The van der Waals surface area contributed by atoms with Gasteiger partial charge in [-0.25, -0.2) is 4.39 Å². The second-order valence-electron chi connectivity index (χ2n) is 5.42. The van der Waals surface area contributed by atoms with Gasteiger partial charge in [0.15, 0.2) is 0 Å². The molecule has 1 aromatic carbocycles. The van der Waals surface area contributed by atoms with Crippen LogP contribution in [0.4, 0.5) is 4.39 Å². The molecular formula is C14H19FO. The molecule has 1 aliphatic rings. The van der Waals surface area contributed by atoms with Gasteiger partial charge in [0.2, 0.25) is 0 Å². The second kappa shape index (κ2) is 4.17. The van der Waals surface area contributed by atoms with Crippen LogP contribution in [0.1, 0.15) is 44.6 Å². The molecule has 0 unspecified atom stereocenters. The molecule has 0 bridgehead atoms. The van der Waals surface area contributed by atoms with Gasteiger partial charge < -0.3 is 5.11 Å². The Hall–Kier alpha value is -0.890. The van der Waals surface area contributed by atoms with Crippen LogP contribution in [-0.2, 0) is 0 Å². The first kappa shape index (κ1) is 11.6. The summed E-state index contributed by atoms with van der Waals surface area (Å²) in [6.07, 6.45) is 3.05. The Kier molecular flexibility index (Phi) is 3.02. The first-order chi connectivity index (χ1) is 7.47. The van der Waals surface area contributed by atoms with Crippen molar-refractivity contribution in [2.75, 3.05) is 0 Å². The van der Waals surface area contributed by atoms with Gasteiger partial charge in [0, 0.05) is 0 Å². The van der Waals surface area contributed by atoms with E-state index in [1.54, 1.807) is 12.1 Å². The lowest BCUT2D eigenvalue weighted by atomic mass is 9.87. The number of aliphatic hydroxyl groups is 1. The first-order valence-electron chi connectivity index (χ1n) is 5.94. The maximum Gasteiger partial charge on any atom is 0.123 e. The van der Waals surface area contributed by atoms with Gasteiger partial charge in [-0.05, 0) is 62.6 Å². The maximum absolute atomic E-state index is 13.1. The van der Waals surface area contributed by atoms with Gasteiger partial charge in [-0.1, -0.05) is 12.1 Å². The van der Waals surface area contributed by atoms with E-state index in [4.69, 9.17) is 0 Å². The molecule has 1 aromatic rings. The van der Waals surface area contributed by atoms with Gasteiger partial charge in [0.25, 0.3) is 0 Å². The van der Waals surface area contributed by atoms with Crippen molar-refractivity contribution in [3.05, 3.63) is 35.6 Å². The van der Waals surface area contributed by atoms with E-state index in [1.165, 1.54) is 6.07 Å². The van der Waals surface area contributed by atoms with Crippen LogP contribution in [0.2, 0.25) is 0 Å². The molecule has 0 amide bonds. The summed E-state index contributed by atoms with van der Waals surface area (Å²) >= 11 is 0. The van der Waals surface area contributed by atoms with E-state index in [0.29, 0.717) is 11.8 Å². The van der Waals surface area contributed by atoms with Crippen LogP contribution in [0.25, 0.3) is 0 Å². The average Bonchev–Trinajstić information content (AvgIpc) is 2.65. The molecule has 16 heavy (non-hydrogen) atoms. The fourth-order valence-corrected chi connectivity index (χ4v) is 2.69. The van der Waals surface area contributed by atoms with Crippen molar-refractivity contribution in [3.63, 3.8) is 0 Å². The fourth-order valence-electron chi connectivity index (χ4n) is 2.69. The van der Waals surface area contributed by atoms with Crippen molar-refractivity contribution in [2.45, 2.75) is 44.6 Å². The van der Waals surface area contributed by atoms with Crippen LogP contribution < -0.4 is 0 Å². The Bertz CT molecular complexity index is 367. The zero-order chi connectivity index (χ0) is 11.8. The van der Waals surface area contributed by atoms with Crippen LogP contribution in [0.5, 0.6) is 0 Å². The summed E-state index contributed by atoms with van der Waals surface area (Å²) in [5, 5.41) is 9.96. The van der Waals surface area contributed by atoms with Crippen LogP contribution in [0, 0.1) is 11.7 Å². The maximum atomic E-state index is 13.1. The first-order valence-corrected chi connectivity index (χ1v) is 5.94. The van der Waals surface area contributed by atoms with E-state index >= 15 is 0 Å². The van der Waals surface area contributed by atoms with Gasteiger partial charge in [0.05, 0.1) is 5.60 Å². The molecule has 0 saturated heterocycles. The quantitative estimate of drug-likeness (QED) is 0.812. The molecule has 0 aliphatic heterocycles. The van der Waals surface area contributed by atoms with Crippen molar-refractivity contribution in [2.24, 2.45) is 5.92 Å². The van der Waals surface area contributed by atoms with Gasteiger partial charge in [-0.15, -0.1) is 0 Å². The number of rotatable bonds is 2. The Balaban J connectivity index is 2.09. The summed E-state index contributed by atoms with van der Waals surface area (Å²) in [5.74, 6) is 0.581. The molecule has 88 valence electrons. The molecule has 0 radical (unpaired) electrons. The molecule has 1 aliphatic carbocycles. The summed E-state index contributed by atoms with van der Waals surface area (Å²) in [5.41, 5.74) is 0.467. The van der Waals surface area contributed by atoms with Crippen LogP contribution in [0.3, 0.4) is 0 Å². The third-order valence-electron chi connectivity index (χ3n) is 3.75. The minimum Gasteiger partial charge on any atom is -0.390 e. The van der Waals surface area contributed by atoms with Crippen molar-refractivity contribution in [1.82, 2.24) is 0 Å². The largest absolute Gasteiger partial charge is 0.390 e. The molecule has 1 saturated carbocycles. The van der Waals surface area contributed by atoms with Gasteiger partial charge in [-0.2, -0.15) is 0 Å². The normalized spacial score (nSPS) is 26.0. The van der Waals surface area contributed by atoms with Gasteiger partial charge in [-0.3, -0.25) is 0 Å². The fraction of sp³-hybridized carbons (Fsp3) is 0.571. The SMILES string of the molecule is CC(C)(O)[C@H]1CC[C@@H](c2cccc(F)c2)C1. The predicted octanol–water partition coefficient (Wildman–Crippen LogP) is 3.48. The molecule has 0 spiro atoms. The molecule has 2 heteroatoms. The number of halogens is 1. The third kappa shape index (κ3) is 2.43. The number of benzene rings is 1. The highest BCUT2D eigenvalue weighted by atomic mass is 19.1. The topological polar surface area (TPSA) is 20.2 Å². The molecule has 2 atom stereocenters. The minimum absolute atomic E-state index is 0.163. The summed E-state index contributed by atoms with van der Waals surface area (Å²) in [6, 6.07) is 6.85. The molecule has 2 rings (SSSR count). The van der Waals surface area contributed by atoms with E-state index in [2.05, 4.69) is 0 Å². The lowest BCUT2D eigenvalue weighted by Gasteiger charge is -2.25. The highest BCUT2D eigenvalue weighted by molar-refractivity contribution is 5.22. The highest BCUT2D eigenvalue weighted by Crippen LogP contribution is 2.42. The van der Waals surface area contributed by atoms with E-state index in [9.17, 15) is 9.50 Å².